The van der Waals surface area contributed by atoms with Crippen molar-refractivity contribution in [3.63, 3.8) is 0 Å². The number of nitrogens with zero attached hydrogens (tertiary/aromatic N) is 1. The van der Waals surface area contributed by atoms with Crippen molar-refractivity contribution in [2.45, 2.75) is 31.4 Å². The molecule has 1 saturated heterocycles. The highest BCUT2D eigenvalue weighted by atomic mass is 16.6. The monoisotopic (exact) mass is 394 g/mol. The van der Waals surface area contributed by atoms with Crippen LogP contribution in [0.2, 0.25) is 0 Å². The molecule has 0 aliphatic carbocycles. The molecule has 0 bridgehead atoms. The van der Waals surface area contributed by atoms with Gasteiger partial charge in [-0.25, -0.2) is 0 Å². The first-order valence-electron chi connectivity index (χ1n) is 9.94. The number of carbonyl (C=O) groups excluding carboxylic acids is 2. The second-order valence-electron chi connectivity index (χ2n) is 7.44. The van der Waals surface area contributed by atoms with Crippen LogP contribution in [-0.4, -0.2) is 42.6 Å². The molecule has 1 fully saturated rings. The van der Waals surface area contributed by atoms with Gasteiger partial charge >= 0.3 is 0 Å². The van der Waals surface area contributed by atoms with Gasteiger partial charge in [0.25, 0.3) is 5.91 Å². The van der Waals surface area contributed by atoms with Crippen LogP contribution in [0.5, 0.6) is 17.2 Å². The average Bonchev–Trinajstić information content (AvgIpc) is 3.24. The van der Waals surface area contributed by atoms with Gasteiger partial charge in [0.05, 0.1) is 18.2 Å². The molecular formula is C22H22N2O5. The topological polar surface area (TPSA) is 77.1 Å². The standard InChI is InChI=1S/C22H22N2O5/c25-21(13-20-22(26)23-15-4-1-2-6-17(15)29-20)24-9-3-5-16(24)14-7-8-18-19(12-14)28-11-10-27-18/h1-2,4,6-8,12,16,20H,3,5,9-11,13H2,(H,23,26). The molecule has 2 aromatic carbocycles. The molecule has 29 heavy (non-hydrogen) atoms. The number of rotatable bonds is 3. The van der Waals surface area contributed by atoms with Crippen LogP contribution in [-0.2, 0) is 9.59 Å². The molecule has 3 heterocycles. The molecule has 0 radical (unpaired) electrons. The molecule has 0 saturated carbocycles. The van der Waals surface area contributed by atoms with Crippen molar-refractivity contribution >= 4 is 17.5 Å². The van der Waals surface area contributed by atoms with Gasteiger partial charge in [0.1, 0.15) is 19.0 Å². The predicted molar refractivity (Wildman–Crippen MR) is 105 cm³/mol. The molecule has 7 heteroatoms. The quantitative estimate of drug-likeness (QED) is 0.866. The fourth-order valence-corrected chi connectivity index (χ4v) is 4.18. The number of benzene rings is 2. The Morgan fingerprint density at radius 2 is 1.90 bits per heavy atom. The molecule has 5 rings (SSSR count). The van der Waals surface area contributed by atoms with Gasteiger partial charge in [-0.2, -0.15) is 0 Å². The van der Waals surface area contributed by atoms with Gasteiger partial charge in [-0.1, -0.05) is 18.2 Å². The van der Waals surface area contributed by atoms with E-state index >= 15 is 0 Å². The normalized spacial score (nSPS) is 22.5. The summed E-state index contributed by atoms with van der Waals surface area (Å²) in [5.41, 5.74) is 1.66. The van der Waals surface area contributed by atoms with Crippen molar-refractivity contribution in [2.24, 2.45) is 0 Å². The molecule has 7 nitrogen and oxygen atoms in total. The van der Waals surface area contributed by atoms with Crippen molar-refractivity contribution in [1.29, 1.82) is 0 Å². The number of hydrogen-bond donors (Lipinski definition) is 1. The van der Waals surface area contributed by atoms with E-state index in [1.54, 1.807) is 12.1 Å². The van der Waals surface area contributed by atoms with Gasteiger partial charge in [0.2, 0.25) is 5.91 Å². The van der Waals surface area contributed by atoms with Crippen LogP contribution >= 0.6 is 0 Å². The Kier molecular flexibility index (Phi) is 4.50. The Balaban J connectivity index is 1.31. The zero-order chi connectivity index (χ0) is 19.8. The number of likely N-dealkylation sites (tertiary alicyclic amines) is 1. The van der Waals surface area contributed by atoms with Crippen LogP contribution < -0.4 is 19.5 Å². The number of carbonyl (C=O) groups is 2. The summed E-state index contributed by atoms with van der Waals surface area (Å²) in [5, 5.41) is 2.82. The predicted octanol–water partition coefficient (Wildman–Crippen LogP) is 2.91. The lowest BCUT2D eigenvalue weighted by Gasteiger charge is -2.30. The first kappa shape index (κ1) is 17.8. The third kappa shape index (κ3) is 3.37. The van der Waals surface area contributed by atoms with E-state index in [-0.39, 0.29) is 24.3 Å². The van der Waals surface area contributed by atoms with E-state index < -0.39 is 6.10 Å². The fourth-order valence-electron chi connectivity index (χ4n) is 4.18. The van der Waals surface area contributed by atoms with Crippen molar-refractivity contribution in [1.82, 2.24) is 4.90 Å². The summed E-state index contributed by atoms with van der Waals surface area (Å²) in [6.45, 7) is 1.75. The Hall–Kier alpha value is -3.22. The van der Waals surface area contributed by atoms with Crippen LogP contribution in [0.1, 0.15) is 30.9 Å². The molecule has 0 spiro atoms. The van der Waals surface area contributed by atoms with Gasteiger partial charge < -0.3 is 24.4 Å². The van der Waals surface area contributed by atoms with Crippen molar-refractivity contribution < 1.29 is 23.8 Å². The zero-order valence-electron chi connectivity index (χ0n) is 15.9. The van der Waals surface area contributed by atoms with E-state index in [1.165, 1.54) is 0 Å². The molecule has 2 unspecified atom stereocenters. The Morgan fingerprint density at radius 1 is 1.07 bits per heavy atom. The lowest BCUT2D eigenvalue weighted by Crippen LogP contribution is -2.42. The fraction of sp³-hybridized carbons (Fsp3) is 0.364. The zero-order valence-corrected chi connectivity index (χ0v) is 15.9. The van der Waals surface area contributed by atoms with Crippen molar-refractivity contribution in [3.05, 3.63) is 48.0 Å². The number of hydrogen-bond acceptors (Lipinski definition) is 5. The molecular weight excluding hydrogens is 372 g/mol. The SMILES string of the molecule is O=C1Nc2ccccc2OC1CC(=O)N1CCCC1c1ccc2c(c1)OCCO2. The summed E-state index contributed by atoms with van der Waals surface area (Å²) in [6, 6.07) is 13.1. The van der Waals surface area contributed by atoms with Crippen molar-refractivity contribution in [3.8, 4) is 17.2 Å². The largest absolute Gasteiger partial charge is 0.486 e. The summed E-state index contributed by atoms with van der Waals surface area (Å²) in [5.74, 6) is 1.69. The molecule has 3 aliphatic heterocycles. The maximum absolute atomic E-state index is 13.1. The number of amides is 2. The number of fused-ring (bicyclic) bond motifs is 2. The van der Waals surface area contributed by atoms with Crippen LogP contribution in [0.3, 0.4) is 0 Å². The highest BCUT2D eigenvalue weighted by Gasteiger charge is 2.35. The molecule has 2 amide bonds. The van der Waals surface area contributed by atoms with Gasteiger partial charge in [0.15, 0.2) is 17.6 Å². The van der Waals surface area contributed by atoms with Gasteiger partial charge in [-0.15, -0.1) is 0 Å². The first-order valence-corrected chi connectivity index (χ1v) is 9.94. The van der Waals surface area contributed by atoms with E-state index in [9.17, 15) is 9.59 Å². The molecule has 2 atom stereocenters. The lowest BCUT2D eigenvalue weighted by atomic mass is 10.0. The second-order valence-corrected chi connectivity index (χ2v) is 7.44. The summed E-state index contributed by atoms with van der Waals surface area (Å²) in [6.07, 6.45) is 0.998. The van der Waals surface area contributed by atoms with E-state index in [1.807, 2.05) is 35.2 Å². The average molecular weight is 394 g/mol. The highest BCUT2D eigenvalue weighted by Crippen LogP contribution is 2.38. The summed E-state index contributed by atoms with van der Waals surface area (Å²) in [7, 11) is 0. The maximum Gasteiger partial charge on any atom is 0.266 e. The van der Waals surface area contributed by atoms with E-state index in [4.69, 9.17) is 14.2 Å². The lowest BCUT2D eigenvalue weighted by molar-refractivity contribution is -0.137. The minimum Gasteiger partial charge on any atom is -0.486 e. The third-order valence-corrected chi connectivity index (χ3v) is 5.59. The molecule has 150 valence electrons. The molecule has 2 aromatic rings. The van der Waals surface area contributed by atoms with Crippen LogP contribution in [0.15, 0.2) is 42.5 Å². The van der Waals surface area contributed by atoms with Gasteiger partial charge in [-0.05, 0) is 42.7 Å². The summed E-state index contributed by atoms with van der Waals surface area (Å²) < 4.78 is 17.1. The summed E-state index contributed by atoms with van der Waals surface area (Å²) in [4.78, 5) is 27.3. The molecule has 1 N–H and O–H groups in total. The summed E-state index contributed by atoms with van der Waals surface area (Å²) >= 11 is 0. The van der Waals surface area contributed by atoms with Crippen LogP contribution in [0.4, 0.5) is 5.69 Å². The minimum atomic E-state index is -0.820. The van der Waals surface area contributed by atoms with E-state index in [0.29, 0.717) is 31.2 Å². The maximum atomic E-state index is 13.1. The van der Waals surface area contributed by atoms with Gasteiger partial charge in [0, 0.05) is 6.54 Å². The smallest absolute Gasteiger partial charge is 0.266 e. The number of nitrogens with one attached hydrogen (secondary N) is 1. The van der Waals surface area contributed by atoms with E-state index in [2.05, 4.69) is 5.32 Å². The Labute approximate surface area is 168 Å². The van der Waals surface area contributed by atoms with Crippen molar-refractivity contribution in [2.75, 3.05) is 25.1 Å². The third-order valence-electron chi connectivity index (χ3n) is 5.59. The van der Waals surface area contributed by atoms with Crippen LogP contribution in [0, 0.1) is 0 Å². The first-order chi connectivity index (χ1) is 14.2. The molecule has 3 aliphatic rings. The van der Waals surface area contributed by atoms with E-state index in [0.717, 1.165) is 29.9 Å². The Morgan fingerprint density at radius 3 is 2.79 bits per heavy atom. The number of anilines is 1. The second kappa shape index (κ2) is 7.31. The number of para-hydroxylation sites is 2. The highest BCUT2D eigenvalue weighted by molar-refractivity contribution is 6.00. The molecule has 0 aromatic heterocycles. The minimum absolute atomic E-state index is 0.0151. The number of ether oxygens (including phenoxy) is 3. The van der Waals surface area contributed by atoms with Crippen LogP contribution in [0.25, 0.3) is 0 Å². The Bertz CT molecular complexity index is 960. The van der Waals surface area contributed by atoms with Gasteiger partial charge in [-0.3, -0.25) is 9.59 Å².